The Labute approximate surface area is 130 Å². The lowest BCUT2D eigenvalue weighted by Gasteiger charge is -2.23. The van der Waals surface area contributed by atoms with Crippen LogP contribution in [0.2, 0.25) is 0 Å². The number of hydrogen-bond donors (Lipinski definition) is 3. The fourth-order valence-electron chi connectivity index (χ4n) is 2.53. The molecule has 4 N–H and O–H groups in total. The maximum atomic E-state index is 12.3. The summed E-state index contributed by atoms with van der Waals surface area (Å²) in [6.45, 7) is 3.66. The van der Waals surface area contributed by atoms with Gasteiger partial charge in [-0.15, -0.1) is 0 Å². The Morgan fingerprint density at radius 1 is 1.62 bits per heavy atom. The molecule has 1 fully saturated rings. The molecule has 21 heavy (non-hydrogen) atoms. The van der Waals surface area contributed by atoms with Gasteiger partial charge in [-0.05, 0) is 37.9 Å². The summed E-state index contributed by atoms with van der Waals surface area (Å²) >= 11 is 4.93. The van der Waals surface area contributed by atoms with Crippen molar-refractivity contribution in [2.45, 2.75) is 19.4 Å². The SMILES string of the molecule is CC(C(=O)Nc1cccc(C(N)=S)c1)N1CCC(CO)C1. The Kier molecular flexibility index (Phi) is 5.27. The highest BCUT2D eigenvalue weighted by Gasteiger charge is 2.29. The molecule has 1 saturated heterocycles. The van der Waals surface area contributed by atoms with E-state index >= 15 is 0 Å². The van der Waals surface area contributed by atoms with Gasteiger partial charge in [-0.2, -0.15) is 0 Å². The van der Waals surface area contributed by atoms with E-state index in [4.69, 9.17) is 18.0 Å². The lowest BCUT2D eigenvalue weighted by atomic mass is 10.1. The van der Waals surface area contributed by atoms with E-state index in [1.54, 1.807) is 6.07 Å². The maximum absolute atomic E-state index is 12.3. The molecule has 1 aromatic rings. The molecule has 0 aliphatic carbocycles. The Morgan fingerprint density at radius 2 is 2.38 bits per heavy atom. The molecule has 1 aliphatic heterocycles. The van der Waals surface area contributed by atoms with Crippen molar-refractivity contribution in [1.29, 1.82) is 0 Å². The van der Waals surface area contributed by atoms with E-state index in [0.717, 1.165) is 25.1 Å². The number of aliphatic hydroxyl groups is 1. The quantitative estimate of drug-likeness (QED) is 0.706. The highest BCUT2D eigenvalue weighted by Crippen LogP contribution is 2.19. The second-order valence-electron chi connectivity index (χ2n) is 5.44. The number of likely N-dealkylation sites (tertiary alicyclic amines) is 1. The predicted octanol–water partition coefficient (Wildman–Crippen LogP) is 0.962. The number of hydrogen-bond acceptors (Lipinski definition) is 4. The number of carbonyl (C=O) groups excluding carboxylic acids is 1. The van der Waals surface area contributed by atoms with Gasteiger partial charge in [0, 0.05) is 24.4 Å². The van der Waals surface area contributed by atoms with E-state index in [2.05, 4.69) is 10.2 Å². The van der Waals surface area contributed by atoms with E-state index in [9.17, 15) is 9.90 Å². The standard InChI is InChI=1S/C15H21N3O2S/c1-10(18-6-5-11(8-18)9-19)15(20)17-13-4-2-3-12(7-13)14(16)21/h2-4,7,10-11,19H,5-6,8-9H2,1H3,(H2,16,21)(H,17,20). The predicted molar refractivity (Wildman–Crippen MR) is 87.2 cm³/mol. The van der Waals surface area contributed by atoms with Crippen molar-refractivity contribution in [3.63, 3.8) is 0 Å². The van der Waals surface area contributed by atoms with Crippen molar-refractivity contribution in [3.8, 4) is 0 Å². The van der Waals surface area contributed by atoms with Crippen LogP contribution in [0.1, 0.15) is 18.9 Å². The summed E-state index contributed by atoms with van der Waals surface area (Å²) in [4.78, 5) is 14.7. The number of aliphatic hydroxyl groups excluding tert-OH is 1. The van der Waals surface area contributed by atoms with Gasteiger partial charge < -0.3 is 16.2 Å². The van der Waals surface area contributed by atoms with Crippen LogP contribution in [0, 0.1) is 5.92 Å². The first-order chi connectivity index (χ1) is 10.0. The molecule has 1 heterocycles. The van der Waals surface area contributed by atoms with Gasteiger partial charge in [0.05, 0.1) is 6.04 Å². The second kappa shape index (κ2) is 6.98. The molecule has 2 unspecified atom stereocenters. The molecule has 114 valence electrons. The Hall–Kier alpha value is -1.50. The van der Waals surface area contributed by atoms with E-state index < -0.39 is 0 Å². The summed E-state index contributed by atoms with van der Waals surface area (Å²) in [6.07, 6.45) is 0.936. The van der Waals surface area contributed by atoms with Gasteiger partial charge in [-0.3, -0.25) is 9.69 Å². The number of nitrogens with zero attached hydrogens (tertiary/aromatic N) is 1. The Balaban J connectivity index is 1.98. The molecule has 2 rings (SSSR count). The molecule has 0 aromatic heterocycles. The number of benzene rings is 1. The van der Waals surface area contributed by atoms with Crippen LogP contribution in [0.15, 0.2) is 24.3 Å². The molecule has 0 saturated carbocycles. The molecule has 2 atom stereocenters. The Bertz CT molecular complexity index is 535. The zero-order valence-electron chi connectivity index (χ0n) is 12.1. The van der Waals surface area contributed by atoms with Gasteiger partial charge in [0.1, 0.15) is 4.99 Å². The molecule has 6 heteroatoms. The third kappa shape index (κ3) is 4.00. The van der Waals surface area contributed by atoms with Gasteiger partial charge in [0.15, 0.2) is 0 Å². The fraction of sp³-hybridized carbons (Fsp3) is 0.467. The van der Waals surface area contributed by atoms with Crippen LogP contribution in [0.4, 0.5) is 5.69 Å². The van der Waals surface area contributed by atoms with Crippen LogP contribution in [0.3, 0.4) is 0 Å². The van der Waals surface area contributed by atoms with Crippen molar-refractivity contribution in [3.05, 3.63) is 29.8 Å². The summed E-state index contributed by atoms with van der Waals surface area (Å²) in [7, 11) is 0. The van der Waals surface area contributed by atoms with Crippen molar-refractivity contribution in [1.82, 2.24) is 4.90 Å². The highest BCUT2D eigenvalue weighted by atomic mass is 32.1. The molecule has 0 spiro atoms. The first-order valence-corrected chi connectivity index (χ1v) is 7.47. The van der Waals surface area contributed by atoms with Crippen molar-refractivity contribution in [2.75, 3.05) is 25.0 Å². The highest BCUT2D eigenvalue weighted by molar-refractivity contribution is 7.80. The summed E-state index contributed by atoms with van der Waals surface area (Å²) in [6, 6.07) is 6.98. The minimum atomic E-state index is -0.227. The van der Waals surface area contributed by atoms with E-state index in [0.29, 0.717) is 10.7 Å². The van der Waals surface area contributed by atoms with Crippen LogP contribution >= 0.6 is 12.2 Å². The second-order valence-corrected chi connectivity index (χ2v) is 5.88. The van der Waals surface area contributed by atoms with Crippen LogP contribution in [0.25, 0.3) is 0 Å². The third-order valence-electron chi connectivity index (χ3n) is 3.92. The molecule has 1 aliphatic rings. The number of nitrogens with two attached hydrogens (primary N) is 1. The smallest absolute Gasteiger partial charge is 0.241 e. The van der Waals surface area contributed by atoms with Gasteiger partial charge in [-0.1, -0.05) is 24.4 Å². The topological polar surface area (TPSA) is 78.6 Å². The number of nitrogens with one attached hydrogen (secondary N) is 1. The molecular weight excluding hydrogens is 286 g/mol. The Morgan fingerprint density at radius 3 is 3.00 bits per heavy atom. The van der Waals surface area contributed by atoms with Crippen LogP contribution in [-0.2, 0) is 4.79 Å². The summed E-state index contributed by atoms with van der Waals surface area (Å²) in [5.74, 6) is 0.215. The van der Waals surface area contributed by atoms with E-state index in [1.807, 2.05) is 25.1 Å². The van der Waals surface area contributed by atoms with E-state index in [1.165, 1.54) is 0 Å². The van der Waals surface area contributed by atoms with Crippen LogP contribution < -0.4 is 11.1 Å². The van der Waals surface area contributed by atoms with Gasteiger partial charge in [0.2, 0.25) is 5.91 Å². The number of rotatable bonds is 5. The van der Waals surface area contributed by atoms with Crippen LogP contribution in [0.5, 0.6) is 0 Å². The van der Waals surface area contributed by atoms with Crippen molar-refractivity contribution in [2.24, 2.45) is 11.7 Å². The van der Waals surface area contributed by atoms with Gasteiger partial charge in [-0.25, -0.2) is 0 Å². The zero-order chi connectivity index (χ0) is 15.4. The molecule has 0 bridgehead atoms. The number of thiocarbonyl (C=S) groups is 1. The van der Waals surface area contributed by atoms with E-state index in [-0.39, 0.29) is 24.5 Å². The number of anilines is 1. The molecule has 0 radical (unpaired) electrons. The molecule has 5 nitrogen and oxygen atoms in total. The largest absolute Gasteiger partial charge is 0.396 e. The van der Waals surface area contributed by atoms with Gasteiger partial charge in [0.25, 0.3) is 0 Å². The normalized spacial score (nSPS) is 20.2. The molecule has 1 aromatic carbocycles. The fourth-order valence-corrected chi connectivity index (χ4v) is 2.65. The average molecular weight is 307 g/mol. The first-order valence-electron chi connectivity index (χ1n) is 7.07. The summed E-state index contributed by atoms with van der Waals surface area (Å²) < 4.78 is 0. The summed E-state index contributed by atoms with van der Waals surface area (Å²) in [5, 5.41) is 12.1. The van der Waals surface area contributed by atoms with Crippen molar-refractivity contribution >= 4 is 28.8 Å². The maximum Gasteiger partial charge on any atom is 0.241 e. The molecular formula is C15H21N3O2S. The van der Waals surface area contributed by atoms with Crippen LogP contribution in [-0.4, -0.2) is 46.6 Å². The minimum Gasteiger partial charge on any atom is -0.396 e. The lowest BCUT2D eigenvalue weighted by molar-refractivity contribution is -0.120. The monoisotopic (exact) mass is 307 g/mol. The summed E-state index contributed by atoms with van der Waals surface area (Å²) in [5.41, 5.74) is 7.01. The number of carbonyl (C=O) groups is 1. The first kappa shape index (κ1) is 15.9. The zero-order valence-corrected chi connectivity index (χ0v) is 12.9. The third-order valence-corrected chi connectivity index (χ3v) is 4.15. The van der Waals surface area contributed by atoms with Gasteiger partial charge >= 0.3 is 0 Å². The number of amides is 1. The lowest BCUT2D eigenvalue weighted by Crippen LogP contribution is -2.40. The average Bonchev–Trinajstić information content (AvgIpc) is 2.95. The van der Waals surface area contributed by atoms with Crippen molar-refractivity contribution < 1.29 is 9.90 Å². The molecule has 1 amide bonds. The minimum absolute atomic E-state index is 0.0614.